The van der Waals surface area contributed by atoms with Crippen molar-refractivity contribution in [2.45, 2.75) is 63.8 Å². The Bertz CT molecular complexity index is 1080. The van der Waals surface area contributed by atoms with Crippen LogP contribution < -0.4 is 5.32 Å². The van der Waals surface area contributed by atoms with E-state index in [9.17, 15) is 29.4 Å². The lowest BCUT2D eigenvalue weighted by atomic mass is 9.44. The third-order valence-electron chi connectivity index (χ3n) is 9.60. The predicted octanol–water partition coefficient (Wildman–Crippen LogP) is 1.75. The molecule has 0 aliphatic heterocycles. The molecule has 1 amide bonds. The van der Waals surface area contributed by atoms with Gasteiger partial charge in [-0.15, -0.1) is 0 Å². The number of Topliss-reactive ketones (excluding diaryl/α,β-unsaturated/α-hetero) is 1. The van der Waals surface area contributed by atoms with Crippen molar-refractivity contribution in [1.82, 2.24) is 5.32 Å². The van der Waals surface area contributed by atoms with Crippen molar-refractivity contribution < 1.29 is 38.5 Å². The van der Waals surface area contributed by atoms with Gasteiger partial charge in [0.05, 0.1) is 6.10 Å². The number of amides is 1. The fourth-order valence-corrected chi connectivity index (χ4v) is 7.68. The van der Waals surface area contributed by atoms with Crippen molar-refractivity contribution in [2.24, 2.45) is 28.6 Å². The van der Waals surface area contributed by atoms with Crippen molar-refractivity contribution in [1.29, 1.82) is 0 Å². The number of nitrogens with one attached hydrogen (secondary N) is 1. The van der Waals surface area contributed by atoms with Crippen LogP contribution in [0.1, 0.15) is 46.5 Å². The number of allylic oxidation sites excluding steroid dienone is 4. The molecule has 3 fully saturated rings. The Kier molecular flexibility index (Phi) is 6.41. The summed E-state index contributed by atoms with van der Waals surface area (Å²) < 4.78 is 22.2. The maximum atomic E-state index is 17.1. The summed E-state index contributed by atoms with van der Waals surface area (Å²) in [6, 6.07) is 0. The van der Waals surface area contributed by atoms with Crippen molar-refractivity contribution in [3.63, 3.8) is 0 Å². The first-order chi connectivity index (χ1) is 16.8. The average Bonchev–Trinajstić information content (AvgIpc) is 3.03. The molecule has 4 aliphatic carbocycles. The summed E-state index contributed by atoms with van der Waals surface area (Å²) >= 11 is 0. The molecular weight excluding hydrogens is 469 g/mol. The number of esters is 1. The summed E-state index contributed by atoms with van der Waals surface area (Å²) in [6.07, 6.45) is 4.93. The van der Waals surface area contributed by atoms with Crippen LogP contribution in [0.15, 0.2) is 36.5 Å². The third-order valence-corrected chi connectivity index (χ3v) is 9.60. The first-order valence-electron chi connectivity index (χ1n) is 12.4. The van der Waals surface area contributed by atoms with E-state index in [0.717, 1.165) is 6.08 Å². The Balaban J connectivity index is 1.59. The number of ketones is 2. The molecule has 4 aliphatic rings. The second-order valence-corrected chi connectivity index (χ2v) is 11.2. The van der Waals surface area contributed by atoms with E-state index in [2.05, 4.69) is 11.9 Å². The molecule has 3 N–H and O–H groups in total. The standard InChI is InChI=1S/C27H34FNO7/c1-5-22(33)29-13-23(34)36-14-21(32)27(35)15(2)10-19-18-7-6-16-11-17(30)8-9-24(16,3)26(18,28)20(31)12-25(19,27)4/h5,8-9,11,15,18-20,31,35H,1,6-7,10,12-14H2,2-4H3,(H,29,33)/t15-,18+,19+,20+,24+,25+,26+,27+/m1/s1. The molecule has 0 unspecified atom stereocenters. The lowest BCUT2D eigenvalue weighted by Crippen LogP contribution is -2.69. The normalized spacial score (nSPS) is 42.9. The first kappa shape index (κ1) is 26.4. The maximum Gasteiger partial charge on any atom is 0.325 e. The predicted molar refractivity (Wildman–Crippen MR) is 127 cm³/mol. The van der Waals surface area contributed by atoms with E-state index in [1.807, 2.05) is 0 Å². The number of aliphatic hydroxyl groups excluding tert-OH is 1. The average molecular weight is 504 g/mol. The van der Waals surface area contributed by atoms with Crippen molar-refractivity contribution in [3.8, 4) is 0 Å². The Morgan fingerprint density at radius 2 is 2.00 bits per heavy atom. The number of aliphatic hydroxyl groups is 2. The van der Waals surface area contributed by atoms with E-state index >= 15 is 4.39 Å². The van der Waals surface area contributed by atoms with Crippen molar-refractivity contribution >= 4 is 23.4 Å². The molecule has 8 nitrogen and oxygen atoms in total. The minimum absolute atomic E-state index is 0.161. The van der Waals surface area contributed by atoms with Crippen LogP contribution >= 0.6 is 0 Å². The van der Waals surface area contributed by atoms with Crippen LogP contribution in [0.25, 0.3) is 0 Å². The number of halogens is 1. The summed E-state index contributed by atoms with van der Waals surface area (Å²) in [4.78, 5) is 48.5. The number of hydrogen-bond acceptors (Lipinski definition) is 7. The number of carbonyl (C=O) groups excluding carboxylic acids is 4. The van der Waals surface area contributed by atoms with Gasteiger partial charge in [0.15, 0.2) is 18.1 Å². The second kappa shape index (κ2) is 8.73. The van der Waals surface area contributed by atoms with Gasteiger partial charge >= 0.3 is 5.97 Å². The van der Waals surface area contributed by atoms with Gasteiger partial charge in [-0.25, -0.2) is 4.39 Å². The zero-order valence-electron chi connectivity index (χ0n) is 20.9. The van der Waals surface area contributed by atoms with Crippen molar-refractivity contribution in [2.75, 3.05) is 13.2 Å². The largest absolute Gasteiger partial charge is 0.456 e. The SMILES string of the molecule is C=CC(=O)NCC(=O)OCC(=O)[C@@]1(O)[C@H](C)C[C@H]2[C@@H]3CCC4=CC(=O)C=C[C@]4(C)[C@@]3(F)[C@@H](O)C[C@@]21C. The highest BCUT2D eigenvalue weighted by atomic mass is 19.1. The zero-order chi connectivity index (χ0) is 26.7. The van der Waals surface area contributed by atoms with Crippen LogP contribution in [0, 0.1) is 28.6 Å². The summed E-state index contributed by atoms with van der Waals surface area (Å²) in [7, 11) is 0. The van der Waals surface area contributed by atoms with Crippen LogP contribution in [0.5, 0.6) is 0 Å². The number of ether oxygens (including phenoxy) is 1. The van der Waals surface area contributed by atoms with Gasteiger partial charge in [0.25, 0.3) is 0 Å². The molecule has 0 saturated heterocycles. The molecule has 0 heterocycles. The molecule has 0 aromatic rings. The third kappa shape index (κ3) is 3.46. The molecule has 0 spiro atoms. The zero-order valence-corrected chi connectivity index (χ0v) is 20.9. The molecule has 0 radical (unpaired) electrons. The van der Waals surface area contributed by atoms with E-state index in [1.165, 1.54) is 12.2 Å². The van der Waals surface area contributed by atoms with Crippen LogP contribution in [0.4, 0.5) is 4.39 Å². The monoisotopic (exact) mass is 503 g/mol. The lowest BCUT2D eigenvalue weighted by Gasteiger charge is -2.62. The van der Waals surface area contributed by atoms with Gasteiger partial charge in [-0.3, -0.25) is 19.2 Å². The Hall–Kier alpha value is -2.65. The summed E-state index contributed by atoms with van der Waals surface area (Å²) in [5.41, 5.74) is -5.67. The minimum Gasteiger partial charge on any atom is -0.456 e. The van der Waals surface area contributed by atoms with Gasteiger partial charge in [0, 0.05) is 16.7 Å². The van der Waals surface area contributed by atoms with E-state index in [4.69, 9.17) is 4.74 Å². The number of hydrogen-bond donors (Lipinski definition) is 3. The summed E-state index contributed by atoms with van der Waals surface area (Å²) in [5.74, 6) is -3.96. The fourth-order valence-electron chi connectivity index (χ4n) is 7.68. The Labute approximate surface area is 209 Å². The first-order valence-corrected chi connectivity index (χ1v) is 12.4. The molecule has 196 valence electrons. The molecular formula is C27H34FNO7. The molecule has 9 heteroatoms. The second-order valence-electron chi connectivity index (χ2n) is 11.2. The van der Waals surface area contributed by atoms with Gasteiger partial charge in [0.1, 0.15) is 12.1 Å². The molecule has 0 aromatic carbocycles. The van der Waals surface area contributed by atoms with E-state index in [0.29, 0.717) is 24.8 Å². The summed E-state index contributed by atoms with van der Waals surface area (Å²) in [5, 5.41) is 25.4. The number of fused-ring (bicyclic) bond motifs is 5. The summed E-state index contributed by atoms with van der Waals surface area (Å²) in [6.45, 7) is 7.25. The molecule has 4 rings (SSSR count). The Morgan fingerprint density at radius 1 is 1.31 bits per heavy atom. The van der Waals surface area contributed by atoms with Gasteiger partial charge in [-0.2, -0.15) is 0 Å². The van der Waals surface area contributed by atoms with E-state index < -0.39 is 76.8 Å². The maximum absolute atomic E-state index is 17.1. The topological polar surface area (TPSA) is 130 Å². The smallest absolute Gasteiger partial charge is 0.325 e. The van der Waals surface area contributed by atoms with Crippen LogP contribution in [0.3, 0.4) is 0 Å². The van der Waals surface area contributed by atoms with Crippen molar-refractivity contribution in [3.05, 3.63) is 36.5 Å². The Morgan fingerprint density at radius 3 is 2.67 bits per heavy atom. The van der Waals surface area contributed by atoms with E-state index in [1.54, 1.807) is 26.8 Å². The quantitative estimate of drug-likeness (QED) is 0.372. The number of rotatable bonds is 6. The van der Waals surface area contributed by atoms with Gasteiger partial charge in [-0.05, 0) is 62.7 Å². The minimum atomic E-state index is -2.07. The van der Waals surface area contributed by atoms with Gasteiger partial charge < -0.3 is 20.3 Å². The van der Waals surface area contributed by atoms with Crippen LogP contribution in [-0.2, 0) is 23.9 Å². The highest BCUT2D eigenvalue weighted by molar-refractivity contribution is 6.01. The lowest BCUT2D eigenvalue weighted by molar-refractivity contribution is -0.219. The van der Waals surface area contributed by atoms with Crippen LogP contribution in [-0.4, -0.2) is 64.2 Å². The van der Waals surface area contributed by atoms with Gasteiger partial charge in [-0.1, -0.05) is 32.1 Å². The molecule has 0 bridgehead atoms. The molecule has 36 heavy (non-hydrogen) atoms. The fraction of sp³-hybridized carbons (Fsp3) is 0.630. The highest BCUT2D eigenvalue weighted by Gasteiger charge is 2.75. The number of alkyl halides is 1. The molecule has 0 aromatic heterocycles. The number of carbonyl (C=O) groups is 4. The molecule has 8 atom stereocenters. The van der Waals surface area contributed by atoms with Crippen LogP contribution in [0.2, 0.25) is 0 Å². The van der Waals surface area contributed by atoms with E-state index in [-0.39, 0.29) is 12.2 Å². The molecule has 3 saturated carbocycles. The van der Waals surface area contributed by atoms with Gasteiger partial charge in [0.2, 0.25) is 11.7 Å². The highest BCUT2D eigenvalue weighted by Crippen LogP contribution is 2.70.